The number of aromatic nitrogens is 1. The van der Waals surface area contributed by atoms with Crippen LogP contribution in [-0.2, 0) is 6.54 Å². The first-order chi connectivity index (χ1) is 20.3. The lowest BCUT2D eigenvalue weighted by atomic mass is 9.97. The maximum absolute atomic E-state index is 12.3. The molecule has 1 aliphatic rings. The summed E-state index contributed by atoms with van der Waals surface area (Å²) in [5, 5.41) is 10.8. The number of hydrogen-bond donors (Lipinski definition) is 4. The van der Waals surface area contributed by atoms with Crippen LogP contribution in [0.2, 0.25) is 0 Å². The number of nitrogens with two attached hydrogens (primary N) is 3. The third-order valence-corrected chi connectivity index (χ3v) is 8.36. The molecule has 7 nitrogen and oxygen atoms in total. The average Bonchev–Trinajstić information content (AvgIpc) is 3.35. The van der Waals surface area contributed by atoms with Gasteiger partial charge in [0.1, 0.15) is 17.3 Å². The molecule has 42 heavy (non-hydrogen) atoms. The molecule has 216 valence electrons. The number of hydrogen-bond acceptors (Lipinski definition) is 5. The van der Waals surface area contributed by atoms with Gasteiger partial charge in [-0.3, -0.25) is 10.2 Å². The quantitative estimate of drug-likeness (QED) is 0.0946. The standard InChI is InChI=1S/C28H24N4O2S.C6H13N/c1-17-6-10-23(11-7-17)35-34-22-12-18-4-2-3-5-24(18)21(13-22)16-32-25-15-20(27(29)30)9-8-19(25)14-26(32)28(31)33;7-6-4-2-1-3-5-6/h2-15H,16H2,1H3,(H3,29,30)(H2,31,33);6H,1-5,7H2. The van der Waals surface area contributed by atoms with Crippen molar-refractivity contribution in [1.82, 2.24) is 4.57 Å². The van der Waals surface area contributed by atoms with Crippen LogP contribution in [0.1, 0.15) is 59.3 Å². The highest BCUT2D eigenvalue weighted by atomic mass is 32.2. The summed E-state index contributed by atoms with van der Waals surface area (Å²) in [4.78, 5) is 13.3. The van der Waals surface area contributed by atoms with Gasteiger partial charge in [-0.2, -0.15) is 0 Å². The van der Waals surface area contributed by atoms with E-state index in [4.69, 9.17) is 26.8 Å². The lowest BCUT2D eigenvalue weighted by Gasteiger charge is -2.15. The van der Waals surface area contributed by atoms with Gasteiger partial charge in [-0.25, -0.2) is 0 Å². The first-order valence-electron chi connectivity index (χ1n) is 14.2. The predicted octanol–water partition coefficient (Wildman–Crippen LogP) is 6.90. The van der Waals surface area contributed by atoms with Crippen molar-refractivity contribution in [1.29, 1.82) is 5.41 Å². The zero-order chi connectivity index (χ0) is 29.6. The number of amides is 1. The van der Waals surface area contributed by atoms with Crippen LogP contribution >= 0.6 is 12.0 Å². The van der Waals surface area contributed by atoms with Gasteiger partial charge in [-0.15, -0.1) is 0 Å². The Bertz CT molecular complexity index is 1720. The van der Waals surface area contributed by atoms with E-state index < -0.39 is 5.91 Å². The van der Waals surface area contributed by atoms with E-state index in [9.17, 15) is 4.79 Å². The number of nitrogens with one attached hydrogen (secondary N) is 1. The molecule has 5 aromatic rings. The Morgan fingerprint density at radius 3 is 2.33 bits per heavy atom. The zero-order valence-corrected chi connectivity index (χ0v) is 24.6. The molecule has 1 amide bonds. The van der Waals surface area contributed by atoms with E-state index in [-0.39, 0.29) is 5.84 Å². The SMILES string of the molecule is Cc1ccc(SOc2cc(Cn3c(C(N)=O)cc4ccc(C(=N)N)cc43)c3ccccc3c2)cc1.NC1CCCCC1. The van der Waals surface area contributed by atoms with Crippen LogP contribution in [0, 0.1) is 12.3 Å². The molecule has 0 unspecified atom stereocenters. The van der Waals surface area contributed by atoms with Gasteiger partial charge < -0.3 is 26.0 Å². The van der Waals surface area contributed by atoms with Gasteiger partial charge >= 0.3 is 0 Å². The molecule has 1 fully saturated rings. The lowest BCUT2D eigenvalue weighted by Crippen LogP contribution is -2.22. The Morgan fingerprint density at radius 2 is 1.67 bits per heavy atom. The molecule has 0 bridgehead atoms. The van der Waals surface area contributed by atoms with Gasteiger partial charge in [0.05, 0.1) is 12.0 Å². The highest BCUT2D eigenvalue weighted by Gasteiger charge is 2.16. The number of carbonyl (C=O) groups is 1. The molecule has 0 atom stereocenters. The summed E-state index contributed by atoms with van der Waals surface area (Å²) in [5.41, 5.74) is 21.0. The summed E-state index contributed by atoms with van der Waals surface area (Å²) >= 11 is 1.30. The van der Waals surface area contributed by atoms with E-state index in [0.29, 0.717) is 29.6 Å². The Hall–Kier alpha value is -4.27. The summed E-state index contributed by atoms with van der Waals surface area (Å²) in [6, 6.07) is 28.0. The van der Waals surface area contributed by atoms with Crippen molar-refractivity contribution in [3.05, 3.63) is 107 Å². The van der Waals surface area contributed by atoms with E-state index in [0.717, 1.165) is 32.1 Å². The number of amidine groups is 1. The average molecular weight is 580 g/mol. The van der Waals surface area contributed by atoms with Crippen molar-refractivity contribution in [3.8, 4) is 5.75 Å². The molecule has 1 heterocycles. The molecule has 0 saturated heterocycles. The summed E-state index contributed by atoms with van der Waals surface area (Å²) < 4.78 is 7.96. The molecule has 6 rings (SSSR count). The summed E-state index contributed by atoms with van der Waals surface area (Å²) in [6.45, 7) is 2.45. The Balaban J connectivity index is 0.000000442. The van der Waals surface area contributed by atoms with Crippen molar-refractivity contribution < 1.29 is 8.98 Å². The van der Waals surface area contributed by atoms with Crippen LogP contribution in [0.5, 0.6) is 5.75 Å². The Kier molecular flexibility index (Phi) is 9.15. The number of fused-ring (bicyclic) bond motifs is 2. The molecule has 1 saturated carbocycles. The van der Waals surface area contributed by atoms with Crippen LogP contribution in [0.3, 0.4) is 0 Å². The minimum Gasteiger partial charge on any atom is -0.421 e. The fourth-order valence-corrected chi connectivity index (χ4v) is 5.87. The zero-order valence-electron chi connectivity index (χ0n) is 23.8. The number of carbonyl (C=O) groups excluding carboxylic acids is 1. The molecule has 4 aromatic carbocycles. The van der Waals surface area contributed by atoms with Gasteiger partial charge in [0, 0.05) is 33.9 Å². The number of rotatable bonds is 7. The maximum atomic E-state index is 12.3. The van der Waals surface area contributed by atoms with E-state index >= 15 is 0 Å². The number of primary amides is 1. The van der Waals surface area contributed by atoms with E-state index in [1.165, 1.54) is 49.7 Å². The molecule has 7 N–H and O–H groups in total. The molecule has 8 heteroatoms. The Labute approximate surface area is 250 Å². The van der Waals surface area contributed by atoms with Crippen LogP contribution in [0.4, 0.5) is 0 Å². The van der Waals surface area contributed by atoms with Crippen molar-refractivity contribution in [2.75, 3.05) is 0 Å². The molecular formula is C34H37N5O2S. The second-order valence-electron chi connectivity index (χ2n) is 10.8. The second-order valence-corrected chi connectivity index (χ2v) is 11.7. The summed E-state index contributed by atoms with van der Waals surface area (Å²) in [5.74, 6) is 0.164. The normalized spacial score (nSPS) is 13.5. The minimum atomic E-state index is -0.516. The van der Waals surface area contributed by atoms with Gasteiger partial charge in [-0.05, 0) is 72.5 Å². The highest BCUT2D eigenvalue weighted by Crippen LogP contribution is 2.32. The first-order valence-corrected chi connectivity index (χ1v) is 15.0. The predicted molar refractivity (Wildman–Crippen MR) is 173 cm³/mol. The van der Waals surface area contributed by atoms with Crippen molar-refractivity contribution in [3.63, 3.8) is 0 Å². The third kappa shape index (κ3) is 6.95. The van der Waals surface area contributed by atoms with E-state index in [1.54, 1.807) is 12.1 Å². The maximum Gasteiger partial charge on any atom is 0.265 e. The fourth-order valence-electron chi connectivity index (χ4n) is 5.33. The number of nitrogens with zero attached hydrogens (tertiary/aromatic N) is 1. The van der Waals surface area contributed by atoms with Gasteiger partial charge in [-0.1, -0.05) is 73.4 Å². The second kappa shape index (κ2) is 13.1. The molecule has 1 aromatic heterocycles. The van der Waals surface area contributed by atoms with E-state index in [2.05, 4.69) is 25.1 Å². The monoisotopic (exact) mass is 579 g/mol. The lowest BCUT2D eigenvalue weighted by molar-refractivity contribution is 0.0992. The van der Waals surface area contributed by atoms with Crippen LogP contribution < -0.4 is 21.4 Å². The van der Waals surface area contributed by atoms with Gasteiger partial charge in [0.2, 0.25) is 0 Å². The molecule has 0 spiro atoms. The minimum absolute atomic E-state index is 0.0331. The first kappa shape index (κ1) is 29.2. The van der Waals surface area contributed by atoms with Gasteiger partial charge in [0.15, 0.2) is 0 Å². The van der Waals surface area contributed by atoms with Crippen LogP contribution in [0.25, 0.3) is 21.7 Å². The van der Waals surface area contributed by atoms with Crippen LogP contribution in [-0.4, -0.2) is 22.4 Å². The number of nitrogen functional groups attached to an aromatic ring is 1. The fraction of sp³-hybridized carbons (Fsp3) is 0.235. The topological polar surface area (TPSA) is 133 Å². The molecule has 0 radical (unpaired) electrons. The molecular weight excluding hydrogens is 542 g/mol. The van der Waals surface area contributed by atoms with Crippen molar-refractivity contribution >= 4 is 45.5 Å². The number of benzene rings is 4. The van der Waals surface area contributed by atoms with Crippen molar-refractivity contribution in [2.45, 2.75) is 56.5 Å². The molecule has 0 aliphatic heterocycles. The largest absolute Gasteiger partial charge is 0.421 e. The Morgan fingerprint density at radius 1 is 0.929 bits per heavy atom. The third-order valence-electron chi connectivity index (χ3n) is 7.62. The smallest absolute Gasteiger partial charge is 0.265 e. The highest BCUT2D eigenvalue weighted by molar-refractivity contribution is 7.95. The van der Waals surface area contributed by atoms with Gasteiger partial charge in [0.25, 0.3) is 5.91 Å². The molecule has 1 aliphatic carbocycles. The number of aryl methyl sites for hydroxylation is 1. The van der Waals surface area contributed by atoms with E-state index in [1.807, 2.05) is 59.2 Å². The summed E-state index contributed by atoms with van der Waals surface area (Å²) in [7, 11) is 0. The van der Waals surface area contributed by atoms with Crippen molar-refractivity contribution in [2.24, 2.45) is 17.2 Å². The van der Waals surface area contributed by atoms with Crippen LogP contribution in [0.15, 0.2) is 89.8 Å². The summed E-state index contributed by atoms with van der Waals surface area (Å²) in [6.07, 6.45) is 6.66.